The Morgan fingerprint density at radius 3 is 2.56 bits per heavy atom. The van der Waals surface area contributed by atoms with Gasteiger partial charge in [-0.2, -0.15) is 13.2 Å². The molecular weight excluding hydrogens is 245 g/mol. The lowest BCUT2D eigenvalue weighted by atomic mass is 10.0. The van der Waals surface area contributed by atoms with E-state index in [4.69, 9.17) is 4.74 Å². The number of benzene rings is 1. The third kappa shape index (κ3) is 4.39. The molecule has 0 unspecified atom stereocenters. The molecule has 5 heteroatoms. The molecular formula is C13H15F3O2. The highest BCUT2D eigenvalue weighted by molar-refractivity contribution is 5.98. The van der Waals surface area contributed by atoms with E-state index in [2.05, 4.69) is 0 Å². The predicted molar refractivity (Wildman–Crippen MR) is 62.0 cm³/mol. The minimum atomic E-state index is -4.21. The van der Waals surface area contributed by atoms with Crippen LogP contribution in [0, 0.1) is 6.92 Å². The first-order valence-electron chi connectivity index (χ1n) is 5.58. The van der Waals surface area contributed by atoms with Crippen molar-refractivity contribution in [2.45, 2.75) is 32.4 Å². The second-order valence-electron chi connectivity index (χ2n) is 4.10. The van der Waals surface area contributed by atoms with Crippen LogP contribution in [0.3, 0.4) is 0 Å². The Hall–Kier alpha value is -1.52. The molecule has 0 amide bonds. The second-order valence-corrected chi connectivity index (χ2v) is 4.10. The average molecular weight is 260 g/mol. The Bertz CT molecular complexity index is 425. The van der Waals surface area contributed by atoms with Crippen LogP contribution in [0.15, 0.2) is 18.2 Å². The number of rotatable bonds is 5. The van der Waals surface area contributed by atoms with Crippen molar-refractivity contribution in [3.05, 3.63) is 29.3 Å². The van der Waals surface area contributed by atoms with E-state index in [1.165, 1.54) is 7.11 Å². The fourth-order valence-corrected chi connectivity index (χ4v) is 1.62. The summed E-state index contributed by atoms with van der Waals surface area (Å²) in [5.41, 5.74) is 1.22. The first-order valence-corrected chi connectivity index (χ1v) is 5.58. The van der Waals surface area contributed by atoms with Crippen molar-refractivity contribution in [2.75, 3.05) is 7.11 Å². The third-order valence-electron chi connectivity index (χ3n) is 2.52. The summed E-state index contributed by atoms with van der Waals surface area (Å²) < 4.78 is 41.0. The zero-order chi connectivity index (χ0) is 13.8. The molecule has 1 aromatic rings. The molecule has 100 valence electrons. The summed E-state index contributed by atoms with van der Waals surface area (Å²) in [6.07, 6.45) is -5.47. The standard InChI is InChI=1S/C13H15F3O2/c1-9-5-6-12(18-2)10(8-9)11(17)4-3-7-13(14,15)16/h5-6,8H,3-4,7H2,1-2H3. The highest BCUT2D eigenvalue weighted by Gasteiger charge is 2.26. The van der Waals surface area contributed by atoms with Crippen LogP contribution < -0.4 is 4.74 Å². The number of methoxy groups -OCH3 is 1. The highest BCUT2D eigenvalue weighted by Crippen LogP contribution is 2.25. The monoisotopic (exact) mass is 260 g/mol. The van der Waals surface area contributed by atoms with Crippen LogP contribution in [0.2, 0.25) is 0 Å². The van der Waals surface area contributed by atoms with E-state index >= 15 is 0 Å². The van der Waals surface area contributed by atoms with Gasteiger partial charge in [0.1, 0.15) is 5.75 Å². The van der Waals surface area contributed by atoms with Crippen molar-refractivity contribution >= 4 is 5.78 Å². The molecule has 0 saturated heterocycles. The summed E-state index contributed by atoms with van der Waals surface area (Å²) in [5, 5.41) is 0. The zero-order valence-corrected chi connectivity index (χ0v) is 10.3. The van der Waals surface area contributed by atoms with E-state index in [9.17, 15) is 18.0 Å². The van der Waals surface area contributed by atoms with E-state index in [-0.39, 0.29) is 18.6 Å². The van der Waals surface area contributed by atoms with E-state index in [1.54, 1.807) is 18.2 Å². The van der Waals surface area contributed by atoms with Gasteiger partial charge in [0.05, 0.1) is 12.7 Å². The van der Waals surface area contributed by atoms with Gasteiger partial charge in [0.2, 0.25) is 0 Å². The minimum absolute atomic E-state index is 0.126. The number of hydrogen-bond acceptors (Lipinski definition) is 2. The number of Topliss-reactive ketones (excluding diaryl/α,β-unsaturated/α-hetero) is 1. The van der Waals surface area contributed by atoms with Crippen LogP contribution in [0.4, 0.5) is 13.2 Å². The number of aryl methyl sites for hydroxylation is 1. The van der Waals surface area contributed by atoms with Crippen molar-refractivity contribution in [2.24, 2.45) is 0 Å². The molecule has 0 radical (unpaired) electrons. The minimum Gasteiger partial charge on any atom is -0.496 e. The Labute approximate surface area is 104 Å². The fourth-order valence-electron chi connectivity index (χ4n) is 1.62. The van der Waals surface area contributed by atoms with Crippen LogP contribution >= 0.6 is 0 Å². The van der Waals surface area contributed by atoms with Gasteiger partial charge in [-0.1, -0.05) is 11.6 Å². The molecule has 18 heavy (non-hydrogen) atoms. The molecule has 0 aliphatic rings. The van der Waals surface area contributed by atoms with Crippen molar-refractivity contribution in [3.8, 4) is 5.75 Å². The van der Waals surface area contributed by atoms with Gasteiger partial charge < -0.3 is 4.74 Å². The van der Waals surface area contributed by atoms with Crippen LogP contribution in [-0.4, -0.2) is 19.1 Å². The van der Waals surface area contributed by atoms with Crippen molar-refractivity contribution < 1.29 is 22.7 Å². The van der Waals surface area contributed by atoms with Crippen molar-refractivity contribution in [3.63, 3.8) is 0 Å². The van der Waals surface area contributed by atoms with Crippen LogP contribution in [0.25, 0.3) is 0 Å². The molecule has 2 nitrogen and oxygen atoms in total. The van der Waals surface area contributed by atoms with Gasteiger partial charge in [-0.3, -0.25) is 4.79 Å². The van der Waals surface area contributed by atoms with E-state index in [1.807, 2.05) is 6.92 Å². The molecule has 1 rings (SSSR count). The second kappa shape index (κ2) is 5.89. The van der Waals surface area contributed by atoms with Crippen molar-refractivity contribution in [1.29, 1.82) is 0 Å². The van der Waals surface area contributed by atoms with Gasteiger partial charge in [0.15, 0.2) is 5.78 Å². The quantitative estimate of drug-likeness (QED) is 0.750. The number of alkyl halides is 3. The summed E-state index contributed by atoms with van der Waals surface area (Å²) in [6.45, 7) is 1.81. The Balaban J connectivity index is 2.69. The first kappa shape index (κ1) is 14.5. The molecule has 0 N–H and O–H groups in total. The molecule has 0 saturated carbocycles. The molecule has 1 aromatic carbocycles. The molecule has 0 fully saturated rings. The Morgan fingerprint density at radius 2 is 2.00 bits per heavy atom. The van der Waals surface area contributed by atoms with Crippen LogP contribution in [0.5, 0.6) is 5.75 Å². The molecule has 0 aliphatic heterocycles. The summed E-state index contributed by atoms with van der Waals surface area (Å²) in [7, 11) is 1.43. The lowest BCUT2D eigenvalue weighted by molar-refractivity contribution is -0.135. The van der Waals surface area contributed by atoms with Crippen molar-refractivity contribution in [1.82, 2.24) is 0 Å². The maximum absolute atomic E-state index is 12.0. The molecule has 0 heterocycles. The average Bonchev–Trinajstić information content (AvgIpc) is 2.27. The molecule has 0 atom stereocenters. The van der Waals surface area contributed by atoms with Gasteiger partial charge >= 0.3 is 6.18 Å². The van der Waals surface area contributed by atoms with Gasteiger partial charge in [-0.05, 0) is 25.5 Å². The molecule has 0 aliphatic carbocycles. The number of ether oxygens (including phenoxy) is 1. The fraction of sp³-hybridized carbons (Fsp3) is 0.462. The maximum atomic E-state index is 12.0. The lowest BCUT2D eigenvalue weighted by Crippen LogP contribution is -2.09. The summed E-state index contributed by atoms with van der Waals surface area (Å²) in [4.78, 5) is 11.8. The van der Waals surface area contributed by atoms with E-state index < -0.39 is 12.6 Å². The topological polar surface area (TPSA) is 26.3 Å². The molecule has 0 bridgehead atoms. The predicted octanol–water partition coefficient (Wildman–Crippen LogP) is 3.92. The Morgan fingerprint density at radius 1 is 1.33 bits per heavy atom. The van der Waals surface area contributed by atoms with Crippen LogP contribution in [-0.2, 0) is 0 Å². The lowest BCUT2D eigenvalue weighted by Gasteiger charge is -2.09. The number of halogens is 3. The van der Waals surface area contributed by atoms with E-state index in [0.29, 0.717) is 11.3 Å². The zero-order valence-electron chi connectivity index (χ0n) is 10.3. The summed E-state index contributed by atoms with van der Waals surface area (Å²) in [6, 6.07) is 5.06. The summed E-state index contributed by atoms with van der Waals surface area (Å²) >= 11 is 0. The smallest absolute Gasteiger partial charge is 0.389 e. The third-order valence-corrected chi connectivity index (χ3v) is 2.52. The number of carbonyl (C=O) groups excluding carboxylic acids is 1. The van der Waals surface area contributed by atoms with Crippen LogP contribution in [0.1, 0.15) is 35.2 Å². The molecule has 0 spiro atoms. The number of ketones is 1. The van der Waals surface area contributed by atoms with Gasteiger partial charge in [0.25, 0.3) is 0 Å². The normalized spacial score (nSPS) is 11.4. The number of carbonyl (C=O) groups is 1. The van der Waals surface area contributed by atoms with Gasteiger partial charge in [-0.25, -0.2) is 0 Å². The first-order chi connectivity index (χ1) is 8.33. The maximum Gasteiger partial charge on any atom is 0.389 e. The SMILES string of the molecule is COc1ccc(C)cc1C(=O)CCCC(F)(F)F. The summed E-state index contributed by atoms with van der Waals surface area (Å²) in [5.74, 6) is 0.0809. The molecule has 0 aromatic heterocycles. The number of hydrogen-bond donors (Lipinski definition) is 0. The van der Waals surface area contributed by atoms with Gasteiger partial charge in [-0.15, -0.1) is 0 Å². The highest BCUT2D eigenvalue weighted by atomic mass is 19.4. The van der Waals surface area contributed by atoms with E-state index in [0.717, 1.165) is 5.56 Å². The van der Waals surface area contributed by atoms with Gasteiger partial charge in [0, 0.05) is 12.8 Å². The Kier molecular flexibility index (Phi) is 4.76. The largest absolute Gasteiger partial charge is 0.496 e.